The smallest absolute Gasteiger partial charge is 0.337 e. The number of esters is 1. The lowest BCUT2D eigenvalue weighted by molar-refractivity contribution is -0.159. The topological polar surface area (TPSA) is 72.7 Å². The molecule has 2 heterocycles. The van der Waals surface area contributed by atoms with E-state index in [2.05, 4.69) is 10.3 Å². The van der Waals surface area contributed by atoms with Gasteiger partial charge in [0, 0.05) is 7.11 Å². The molecule has 0 aliphatic carbocycles. The van der Waals surface area contributed by atoms with Crippen molar-refractivity contribution in [2.45, 2.75) is 18.4 Å². The van der Waals surface area contributed by atoms with E-state index in [4.69, 9.17) is 14.2 Å². The van der Waals surface area contributed by atoms with Gasteiger partial charge in [-0.15, -0.1) is 0 Å². The second-order valence-electron chi connectivity index (χ2n) is 4.22. The monoisotopic (exact) mass is 263 g/mol. The van der Waals surface area contributed by atoms with Crippen molar-refractivity contribution in [2.75, 3.05) is 19.2 Å². The molecule has 2 aliphatic heterocycles. The fourth-order valence-corrected chi connectivity index (χ4v) is 2.22. The summed E-state index contributed by atoms with van der Waals surface area (Å²) in [5, 5.41) is 9.62. The molecule has 100 valence electrons. The van der Waals surface area contributed by atoms with Crippen LogP contribution in [-0.4, -0.2) is 38.6 Å². The van der Waals surface area contributed by atoms with E-state index >= 15 is 0 Å². The molecule has 1 saturated heterocycles. The summed E-state index contributed by atoms with van der Waals surface area (Å²) >= 11 is 0. The maximum atomic E-state index is 11.6. The van der Waals surface area contributed by atoms with Crippen LogP contribution in [0.2, 0.25) is 0 Å². The molecular weight excluding hydrogens is 250 g/mol. The van der Waals surface area contributed by atoms with E-state index in [0.29, 0.717) is 0 Å². The minimum absolute atomic E-state index is 0.356. The largest absolute Gasteiger partial charge is 0.497 e. The van der Waals surface area contributed by atoms with Crippen molar-refractivity contribution in [3.63, 3.8) is 0 Å². The molecule has 3 atom stereocenters. The molecule has 0 amide bonds. The standard InChI is InChI=1S/C12H13N3O4/c1-17-8-5-3-7(4-6-8)15-10-9(13-14-15)11(16)19-12(10)18-2/h3-6,9-10,12H,1-2H3/t9-,10+,12+/m0/s1. The van der Waals surface area contributed by atoms with Crippen molar-refractivity contribution in [1.82, 2.24) is 0 Å². The molecule has 0 radical (unpaired) electrons. The summed E-state index contributed by atoms with van der Waals surface area (Å²) in [4.78, 5) is 11.6. The van der Waals surface area contributed by atoms with Crippen LogP contribution in [0.4, 0.5) is 5.69 Å². The molecule has 7 nitrogen and oxygen atoms in total. The number of nitrogens with zero attached hydrogens (tertiary/aromatic N) is 3. The first-order valence-corrected chi connectivity index (χ1v) is 5.82. The zero-order chi connectivity index (χ0) is 13.4. The SMILES string of the molecule is COc1ccc(N2N=N[C@@H]3C(=O)O[C@@H](OC)[C@@H]32)cc1. The van der Waals surface area contributed by atoms with E-state index < -0.39 is 18.3 Å². The Labute approximate surface area is 109 Å². The number of carbonyl (C=O) groups excluding carboxylic acids is 1. The molecule has 1 aromatic rings. The lowest BCUT2D eigenvalue weighted by Crippen LogP contribution is -2.40. The maximum Gasteiger partial charge on any atom is 0.337 e. The molecule has 0 N–H and O–H groups in total. The second-order valence-corrected chi connectivity index (χ2v) is 4.22. The van der Waals surface area contributed by atoms with Gasteiger partial charge in [0.2, 0.25) is 6.29 Å². The van der Waals surface area contributed by atoms with Gasteiger partial charge in [-0.05, 0) is 24.3 Å². The molecular formula is C12H13N3O4. The molecule has 0 unspecified atom stereocenters. The molecule has 19 heavy (non-hydrogen) atoms. The minimum atomic E-state index is -0.658. The van der Waals surface area contributed by atoms with Crippen LogP contribution in [0.3, 0.4) is 0 Å². The van der Waals surface area contributed by atoms with Crippen LogP contribution in [0.15, 0.2) is 34.6 Å². The molecule has 7 heteroatoms. The highest BCUT2D eigenvalue weighted by atomic mass is 16.7. The van der Waals surface area contributed by atoms with Gasteiger partial charge in [0.15, 0.2) is 12.1 Å². The zero-order valence-corrected chi connectivity index (χ0v) is 10.5. The number of methoxy groups -OCH3 is 2. The number of benzene rings is 1. The Morgan fingerprint density at radius 1 is 1.26 bits per heavy atom. The minimum Gasteiger partial charge on any atom is -0.497 e. The summed E-state index contributed by atoms with van der Waals surface area (Å²) in [7, 11) is 3.09. The highest BCUT2D eigenvalue weighted by molar-refractivity contribution is 5.81. The second kappa shape index (κ2) is 4.51. The predicted molar refractivity (Wildman–Crippen MR) is 64.8 cm³/mol. The number of ether oxygens (including phenoxy) is 3. The van der Waals surface area contributed by atoms with Crippen LogP contribution in [-0.2, 0) is 14.3 Å². The van der Waals surface area contributed by atoms with Gasteiger partial charge < -0.3 is 14.2 Å². The quantitative estimate of drug-likeness (QED) is 0.765. The van der Waals surface area contributed by atoms with Crippen molar-refractivity contribution in [2.24, 2.45) is 10.3 Å². The van der Waals surface area contributed by atoms with E-state index in [9.17, 15) is 4.79 Å². The number of hydrogen-bond acceptors (Lipinski definition) is 7. The molecule has 0 bridgehead atoms. The van der Waals surface area contributed by atoms with Crippen molar-refractivity contribution in [3.8, 4) is 5.75 Å². The summed E-state index contributed by atoms with van der Waals surface area (Å²) in [6, 6.07) is 6.35. The van der Waals surface area contributed by atoms with Gasteiger partial charge in [0.1, 0.15) is 5.75 Å². The first-order valence-electron chi connectivity index (χ1n) is 5.82. The fraction of sp³-hybridized carbons (Fsp3) is 0.417. The number of cyclic esters (lactones) is 1. The van der Waals surface area contributed by atoms with Crippen molar-refractivity contribution >= 4 is 11.7 Å². The fourth-order valence-electron chi connectivity index (χ4n) is 2.22. The van der Waals surface area contributed by atoms with Crippen molar-refractivity contribution < 1.29 is 19.0 Å². The van der Waals surface area contributed by atoms with Gasteiger partial charge in [-0.25, -0.2) is 9.80 Å². The summed E-state index contributed by atoms with van der Waals surface area (Å²) in [6.45, 7) is 0. The third kappa shape index (κ3) is 1.82. The molecule has 1 fully saturated rings. The van der Waals surface area contributed by atoms with Crippen molar-refractivity contribution in [3.05, 3.63) is 24.3 Å². The predicted octanol–water partition coefficient (Wildman–Crippen LogP) is 1.15. The number of anilines is 1. The van der Waals surface area contributed by atoms with E-state index in [1.165, 1.54) is 7.11 Å². The number of carbonyl (C=O) groups is 1. The van der Waals surface area contributed by atoms with Gasteiger partial charge in [-0.2, -0.15) is 5.11 Å². The highest BCUT2D eigenvalue weighted by Crippen LogP contribution is 2.34. The molecule has 1 aromatic carbocycles. The first kappa shape index (κ1) is 11.9. The van der Waals surface area contributed by atoms with E-state index in [1.54, 1.807) is 12.1 Å². The third-order valence-corrected chi connectivity index (χ3v) is 3.20. The van der Waals surface area contributed by atoms with Gasteiger partial charge in [-0.3, -0.25) is 0 Å². The number of fused-ring (bicyclic) bond motifs is 1. The van der Waals surface area contributed by atoms with E-state index in [0.717, 1.165) is 11.4 Å². The van der Waals surface area contributed by atoms with Crippen LogP contribution in [0.5, 0.6) is 5.75 Å². The van der Waals surface area contributed by atoms with Crippen molar-refractivity contribution in [1.29, 1.82) is 0 Å². The Morgan fingerprint density at radius 2 is 2.00 bits per heavy atom. The lowest BCUT2D eigenvalue weighted by Gasteiger charge is -2.23. The van der Waals surface area contributed by atoms with Gasteiger partial charge >= 0.3 is 5.97 Å². The Morgan fingerprint density at radius 3 is 2.63 bits per heavy atom. The summed E-state index contributed by atoms with van der Waals surface area (Å²) in [6.07, 6.45) is -0.658. The molecule has 0 spiro atoms. The lowest BCUT2D eigenvalue weighted by atomic mass is 10.1. The average molecular weight is 263 g/mol. The van der Waals surface area contributed by atoms with Gasteiger partial charge in [0.25, 0.3) is 0 Å². The Balaban J connectivity index is 1.88. The average Bonchev–Trinajstić information content (AvgIpc) is 3.01. The van der Waals surface area contributed by atoms with Crippen LogP contribution >= 0.6 is 0 Å². The zero-order valence-electron chi connectivity index (χ0n) is 10.5. The third-order valence-electron chi connectivity index (χ3n) is 3.20. The van der Waals surface area contributed by atoms with E-state index in [-0.39, 0.29) is 6.04 Å². The highest BCUT2D eigenvalue weighted by Gasteiger charge is 2.52. The summed E-state index contributed by atoms with van der Waals surface area (Å²) in [5.41, 5.74) is 0.803. The van der Waals surface area contributed by atoms with Crippen LogP contribution in [0.25, 0.3) is 0 Å². The van der Waals surface area contributed by atoms with Gasteiger partial charge in [0.05, 0.1) is 12.8 Å². The van der Waals surface area contributed by atoms with Gasteiger partial charge in [-0.1, -0.05) is 5.22 Å². The Hall–Kier alpha value is -2.15. The number of rotatable bonds is 3. The Kier molecular flexibility index (Phi) is 2.83. The first-order chi connectivity index (χ1) is 9.24. The Bertz CT molecular complexity index is 516. The summed E-state index contributed by atoms with van der Waals surface area (Å²) in [5.74, 6) is 0.343. The molecule has 2 aliphatic rings. The maximum absolute atomic E-state index is 11.6. The number of hydrogen-bond donors (Lipinski definition) is 0. The van der Waals surface area contributed by atoms with E-state index in [1.807, 2.05) is 24.3 Å². The summed E-state index contributed by atoms with van der Waals surface area (Å²) < 4.78 is 15.4. The normalized spacial score (nSPS) is 28.4. The van der Waals surface area contributed by atoms with Crippen LogP contribution in [0.1, 0.15) is 0 Å². The van der Waals surface area contributed by atoms with Crippen LogP contribution < -0.4 is 9.75 Å². The molecule has 0 saturated carbocycles. The molecule has 3 rings (SSSR count). The molecule has 0 aromatic heterocycles. The van der Waals surface area contributed by atoms with Crippen LogP contribution in [0, 0.1) is 0 Å².